The van der Waals surface area contributed by atoms with Gasteiger partial charge in [-0.1, -0.05) is 12.1 Å². The summed E-state index contributed by atoms with van der Waals surface area (Å²) in [6, 6.07) is 6.50. The Morgan fingerprint density at radius 3 is 2.30 bits per heavy atom. The highest BCUT2D eigenvalue weighted by atomic mass is 16.5. The van der Waals surface area contributed by atoms with Crippen LogP contribution in [0, 0.1) is 0 Å². The molecule has 1 aromatic rings. The topological polar surface area (TPSA) is 126 Å². The van der Waals surface area contributed by atoms with E-state index in [-0.39, 0.29) is 18.9 Å². The molecule has 0 heterocycles. The van der Waals surface area contributed by atoms with E-state index in [1.165, 1.54) is 7.11 Å². The molecule has 10 nitrogen and oxygen atoms in total. The Labute approximate surface area is 176 Å². The van der Waals surface area contributed by atoms with Gasteiger partial charge in [0.1, 0.15) is 6.54 Å². The summed E-state index contributed by atoms with van der Waals surface area (Å²) in [5.41, 5.74) is 1.13. The minimum absolute atomic E-state index is 0.0739. The van der Waals surface area contributed by atoms with Gasteiger partial charge in [0.2, 0.25) is 5.91 Å². The first kappa shape index (κ1) is 25.1. The van der Waals surface area contributed by atoms with Crippen LogP contribution < -0.4 is 16.0 Å². The summed E-state index contributed by atoms with van der Waals surface area (Å²) >= 11 is 0. The van der Waals surface area contributed by atoms with E-state index in [1.54, 1.807) is 31.4 Å². The molecule has 0 saturated carbocycles. The van der Waals surface area contributed by atoms with Crippen molar-refractivity contribution in [1.29, 1.82) is 0 Å². The monoisotopic (exact) mass is 422 g/mol. The second-order valence-electron chi connectivity index (χ2n) is 6.59. The Balaban J connectivity index is 2.33. The van der Waals surface area contributed by atoms with E-state index in [0.717, 1.165) is 13.1 Å². The van der Waals surface area contributed by atoms with Gasteiger partial charge in [0.15, 0.2) is 0 Å². The predicted molar refractivity (Wildman–Crippen MR) is 111 cm³/mol. The van der Waals surface area contributed by atoms with Crippen LogP contribution in [0.5, 0.6) is 0 Å². The van der Waals surface area contributed by atoms with Crippen molar-refractivity contribution in [2.45, 2.75) is 12.8 Å². The number of benzene rings is 1. The van der Waals surface area contributed by atoms with Gasteiger partial charge >= 0.3 is 17.8 Å². The van der Waals surface area contributed by atoms with Gasteiger partial charge in [-0.05, 0) is 37.7 Å². The number of ether oxygens (including phenoxy) is 2. The molecule has 3 N–H and O–H groups in total. The second kappa shape index (κ2) is 14.1. The molecule has 3 amide bonds. The number of likely N-dealkylation sites (N-methyl/N-ethyl adjacent to an activating group) is 1. The molecule has 1 aromatic carbocycles. The SMILES string of the molecule is COCCN(C)CCCNC(=O)C(=O)Nc1ccc(CC(=O)NCC(=O)OC)cc1. The fourth-order valence-electron chi connectivity index (χ4n) is 2.37. The molecule has 0 bridgehead atoms. The normalized spacial score (nSPS) is 10.4. The number of methoxy groups -OCH3 is 2. The van der Waals surface area contributed by atoms with Crippen LogP contribution in [0.3, 0.4) is 0 Å². The van der Waals surface area contributed by atoms with Gasteiger partial charge < -0.3 is 30.3 Å². The van der Waals surface area contributed by atoms with Crippen LogP contribution >= 0.6 is 0 Å². The number of nitrogens with one attached hydrogen (secondary N) is 3. The molecule has 166 valence electrons. The highest BCUT2D eigenvalue weighted by Gasteiger charge is 2.13. The minimum Gasteiger partial charge on any atom is -0.468 e. The van der Waals surface area contributed by atoms with E-state index < -0.39 is 17.8 Å². The summed E-state index contributed by atoms with van der Waals surface area (Å²) in [5, 5.41) is 7.53. The number of rotatable bonds is 12. The molecule has 0 spiro atoms. The lowest BCUT2D eigenvalue weighted by molar-refractivity contribution is -0.141. The fraction of sp³-hybridized carbons (Fsp3) is 0.500. The zero-order valence-corrected chi connectivity index (χ0v) is 17.7. The molecule has 30 heavy (non-hydrogen) atoms. The van der Waals surface area contributed by atoms with Crippen LogP contribution in [-0.2, 0) is 35.1 Å². The van der Waals surface area contributed by atoms with E-state index in [0.29, 0.717) is 30.8 Å². The molecule has 0 aromatic heterocycles. The average molecular weight is 422 g/mol. The van der Waals surface area contributed by atoms with Gasteiger partial charge in [0, 0.05) is 25.9 Å². The zero-order valence-electron chi connectivity index (χ0n) is 17.7. The van der Waals surface area contributed by atoms with Crippen LogP contribution in [0.15, 0.2) is 24.3 Å². The molecule has 0 radical (unpaired) electrons. The molecule has 10 heteroatoms. The highest BCUT2D eigenvalue weighted by molar-refractivity contribution is 6.39. The molecular formula is C20H30N4O6. The van der Waals surface area contributed by atoms with Crippen LogP contribution in [0.4, 0.5) is 5.69 Å². The molecule has 0 unspecified atom stereocenters. The first-order valence-corrected chi connectivity index (χ1v) is 9.54. The van der Waals surface area contributed by atoms with Gasteiger partial charge in [-0.25, -0.2) is 0 Å². The van der Waals surface area contributed by atoms with Crippen LogP contribution in [0.1, 0.15) is 12.0 Å². The van der Waals surface area contributed by atoms with Crippen molar-refractivity contribution in [3.05, 3.63) is 29.8 Å². The minimum atomic E-state index is -0.758. The molecule has 1 rings (SSSR count). The van der Waals surface area contributed by atoms with E-state index >= 15 is 0 Å². The summed E-state index contributed by atoms with van der Waals surface area (Å²) in [7, 11) is 4.84. The van der Waals surface area contributed by atoms with Crippen molar-refractivity contribution in [3.63, 3.8) is 0 Å². The fourth-order valence-corrected chi connectivity index (χ4v) is 2.37. The number of carbonyl (C=O) groups excluding carboxylic acids is 4. The van der Waals surface area contributed by atoms with E-state index in [1.807, 2.05) is 7.05 Å². The highest BCUT2D eigenvalue weighted by Crippen LogP contribution is 2.10. The van der Waals surface area contributed by atoms with Gasteiger partial charge in [0.05, 0.1) is 20.1 Å². The van der Waals surface area contributed by atoms with E-state index in [2.05, 4.69) is 25.6 Å². The lowest BCUT2D eigenvalue weighted by Gasteiger charge is -2.15. The Morgan fingerprint density at radius 2 is 1.67 bits per heavy atom. The van der Waals surface area contributed by atoms with Crippen molar-refractivity contribution >= 4 is 29.4 Å². The number of carbonyl (C=O) groups is 4. The number of nitrogens with zero attached hydrogens (tertiary/aromatic N) is 1. The Kier molecular flexibility index (Phi) is 11.8. The molecule has 0 atom stereocenters. The third-order valence-corrected chi connectivity index (χ3v) is 4.12. The van der Waals surface area contributed by atoms with Gasteiger partial charge in [0.25, 0.3) is 0 Å². The van der Waals surface area contributed by atoms with Gasteiger partial charge in [-0.3, -0.25) is 19.2 Å². The van der Waals surface area contributed by atoms with Crippen molar-refractivity contribution in [2.75, 3.05) is 59.4 Å². The largest absolute Gasteiger partial charge is 0.468 e. The number of hydrogen-bond acceptors (Lipinski definition) is 7. The number of anilines is 1. The number of hydrogen-bond donors (Lipinski definition) is 3. The van der Waals surface area contributed by atoms with Gasteiger partial charge in [-0.2, -0.15) is 0 Å². The Hall–Kier alpha value is -2.98. The summed E-state index contributed by atoms with van der Waals surface area (Å²) < 4.78 is 9.44. The van der Waals surface area contributed by atoms with Crippen LogP contribution in [0.25, 0.3) is 0 Å². The smallest absolute Gasteiger partial charge is 0.325 e. The molecule has 0 saturated heterocycles. The Morgan fingerprint density at radius 1 is 0.967 bits per heavy atom. The lowest BCUT2D eigenvalue weighted by Crippen LogP contribution is -2.37. The third kappa shape index (κ3) is 10.5. The number of amides is 3. The summed E-state index contributed by atoms with van der Waals surface area (Å²) in [4.78, 5) is 48.7. The van der Waals surface area contributed by atoms with E-state index in [4.69, 9.17) is 4.74 Å². The van der Waals surface area contributed by atoms with Crippen LogP contribution in [0.2, 0.25) is 0 Å². The lowest BCUT2D eigenvalue weighted by atomic mass is 10.1. The zero-order chi connectivity index (χ0) is 22.4. The van der Waals surface area contributed by atoms with Crippen LogP contribution in [-0.4, -0.2) is 82.6 Å². The molecular weight excluding hydrogens is 392 g/mol. The molecule has 0 aliphatic rings. The molecule has 0 aliphatic carbocycles. The maximum absolute atomic E-state index is 12.0. The van der Waals surface area contributed by atoms with Crippen molar-refractivity contribution in [1.82, 2.24) is 15.5 Å². The summed E-state index contributed by atoms with van der Waals surface area (Å²) in [5.74, 6) is -2.32. The Bertz CT molecular complexity index is 708. The summed E-state index contributed by atoms with van der Waals surface area (Å²) in [6.07, 6.45) is 0.788. The predicted octanol–water partition coefficient (Wildman–Crippen LogP) is -0.459. The van der Waals surface area contributed by atoms with Crippen molar-refractivity contribution in [3.8, 4) is 0 Å². The molecule has 0 aliphatic heterocycles. The maximum Gasteiger partial charge on any atom is 0.325 e. The second-order valence-corrected chi connectivity index (χ2v) is 6.59. The maximum atomic E-state index is 12.0. The summed E-state index contributed by atoms with van der Waals surface area (Å²) in [6.45, 7) is 2.42. The van der Waals surface area contributed by atoms with Crippen molar-refractivity contribution < 1.29 is 28.7 Å². The third-order valence-electron chi connectivity index (χ3n) is 4.12. The quantitative estimate of drug-likeness (QED) is 0.236. The first-order valence-electron chi connectivity index (χ1n) is 9.54. The molecule has 0 fully saturated rings. The van der Waals surface area contributed by atoms with E-state index in [9.17, 15) is 19.2 Å². The standard InChI is InChI=1S/C20H30N4O6/c1-24(11-12-29-2)10-4-9-21-19(27)20(28)23-16-7-5-15(6-8-16)13-17(25)22-14-18(26)30-3/h5-8H,4,9-14H2,1-3H3,(H,21,27)(H,22,25)(H,23,28). The van der Waals surface area contributed by atoms with Crippen molar-refractivity contribution in [2.24, 2.45) is 0 Å². The first-order chi connectivity index (χ1) is 14.3. The average Bonchev–Trinajstić information content (AvgIpc) is 2.74. The number of esters is 1. The van der Waals surface area contributed by atoms with Gasteiger partial charge in [-0.15, -0.1) is 0 Å².